The maximum absolute atomic E-state index is 13.7. The average Bonchev–Trinajstić information content (AvgIpc) is 2.93. The van der Waals surface area contributed by atoms with Gasteiger partial charge in [0.15, 0.2) is 5.78 Å². The first kappa shape index (κ1) is 24.9. The smallest absolute Gasteiger partial charge is 0.253 e. The zero-order chi connectivity index (χ0) is 25.8. The van der Waals surface area contributed by atoms with Crippen LogP contribution in [0.2, 0.25) is 0 Å². The number of nitrogens with zero attached hydrogens (tertiary/aromatic N) is 1. The molecule has 1 amide bonds. The van der Waals surface area contributed by atoms with Gasteiger partial charge in [0.05, 0.1) is 0 Å². The number of benzene rings is 3. The molecule has 0 spiro atoms. The number of rotatable bonds is 7. The summed E-state index contributed by atoms with van der Waals surface area (Å²) in [6.45, 7) is 0.686. The second-order valence-corrected chi connectivity index (χ2v) is 9.60. The van der Waals surface area contributed by atoms with Crippen LogP contribution in [0.5, 0.6) is 11.5 Å². The van der Waals surface area contributed by atoms with Crippen molar-refractivity contribution in [2.75, 3.05) is 33.0 Å². The molecule has 0 radical (unpaired) electrons. The lowest BCUT2D eigenvalue weighted by molar-refractivity contribution is -0.121. The number of Topliss-reactive ketones (excluding diaryl/α,β-unsaturated/α-hetero) is 1. The molecule has 5 rings (SSSR count). The molecule has 1 atom stereocenters. The van der Waals surface area contributed by atoms with Crippen LogP contribution >= 0.6 is 0 Å². The van der Waals surface area contributed by atoms with Crippen LogP contribution in [0, 0.1) is 11.7 Å². The van der Waals surface area contributed by atoms with Gasteiger partial charge in [-0.25, -0.2) is 8.78 Å². The zero-order valence-corrected chi connectivity index (χ0v) is 20.5. The van der Waals surface area contributed by atoms with Crippen LogP contribution in [0.3, 0.4) is 0 Å². The van der Waals surface area contributed by atoms with Gasteiger partial charge in [-0.2, -0.15) is 0 Å². The summed E-state index contributed by atoms with van der Waals surface area (Å²) >= 11 is 0. The third kappa shape index (κ3) is 5.66. The number of carbonyl (C=O) groups is 2. The molecule has 0 N–H and O–H groups in total. The summed E-state index contributed by atoms with van der Waals surface area (Å²) in [7, 11) is 0. The van der Waals surface area contributed by atoms with Crippen LogP contribution in [-0.4, -0.2) is 49.6 Å². The van der Waals surface area contributed by atoms with Gasteiger partial charge in [-0.3, -0.25) is 9.59 Å². The van der Waals surface area contributed by atoms with Crippen LogP contribution in [-0.2, 0) is 11.2 Å². The zero-order valence-electron chi connectivity index (χ0n) is 20.5. The molecule has 37 heavy (non-hydrogen) atoms. The lowest BCUT2D eigenvalue weighted by Gasteiger charge is -2.37. The highest BCUT2D eigenvalue weighted by atomic mass is 19.1. The predicted molar refractivity (Wildman–Crippen MR) is 135 cm³/mol. The van der Waals surface area contributed by atoms with Crippen molar-refractivity contribution in [2.24, 2.45) is 5.92 Å². The average molecular weight is 506 g/mol. The molecule has 0 aliphatic carbocycles. The summed E-state index contributed by atoms with van der Waals surface area (Å²) in [4.78, 5) is 26.9. The molecule has 3 aromatic carbocycles. The fraction of sp³-hybridized carbons (Fsp3) is 0.333. The second-order valence-electron chi connectivity index (χ2n) is 9.60. The summed E-state index contributed by atoms with van der Waals surface area (Å²) in [6, 6.07) is 19.5. The van der Waals surface area contributed by atoms with Crippen LogP contribution < -0.4 is 9.47 Å². The van der Waals surface area contributed by atoms with E-state index >= 15 is 0 Å². The van der Waals surface area contributed by atoms with E-state index < -0.39 is 6.67 Å². The molecule has 0 unspecified atom stereocenters. The molecule has 0 saturated carbocycles. The Kier molecular flexibility index (Phi) is 7.49. The summed E-state index contributed by atoms with van der Waals surface area (Å²) in [5.74, 6) is 1.13. The maximum Gasteiger partial charge on any atom is 0.253 e. The highest BCUT2D eigenvalue weighted by Crippen LogP contribution is 2.39. The number of amides is 1. The second kappa shape index (κ2) is 11.1. The fourth-order valence-corrected chi connectivity index (χ4v) is 5.39. The molecule has 0 aromatic heterocycles. The Morgan fingerprint density at radius 2 is 1.81 bits per heavy atom. The van der Waals surface area contributed by atoms with Crippen molar-refractivity contribution < 1.29 is 27.8 Å². The van der Waals surface area contributed by atoms with Crippen LogP contribution in [0.1, 0.15) is 45.8 Å². The molecule has 192 valence electrons. The predicted octanol–water partition coefficient (Wildman–Crippen LogP) is 5.36. The van der Waals surface area contributed by atoms with Gasteiger partial charge in [0.25, 0.3) is 5.91 Å². The number of hydrogen-bond acceptors (Lipinski definition) is 4. The molecule has 2 aliphatic heterocycles. The molecule has 7 heteroatoms. The normalized spacial score (nSPS) is 16.6. The van der Waals surface area contributed by atoms with Gasteiger partial charge in [0.2, 0.25) is 0 Å². The first-order valence-corrected chi connectivity index (χ1v) is 12.6. The van der Waals surface area contributed by atoms with E-state index in [1.54, 1.807) is 24.3 Å². The number of piperidine rings is 1. The van der Waals surface area contributed by atoms with Crippen LogP contribution in [0.25, 0.3) is 0 Å². The van der Waals surface area contributed by atoms with E-state index in [1.807, 2.05) is 35.2 Å². The summed E-state index contributed by atoms with van der Waals surface area (Å²) in [5.41, 5.74) is 3.33. The standard InChI is InChI=1S/C30H29F2NO4/c31-12-15-36-27-3-1-2-22(18-27)29(20-4-7-25(32)8-5-20)21-10-13-33(14-11-21)30(35)23-6-9-28-24(16-23)17-26(34)19-37-28/h1-9,16,18,21,29H,10-15,17,19H2/t29-/m0/s1. The first-order chi connectivity index (χ1) is 18.0. The number of ketones is 1. The Morgan fingerprint density at radius 3 is 2.57 bits per heavy atom. The summed E-state index contributed by atoms with van der Waals surface area (Å²) < 4.78 is 37.3. The fourth-order valence-electron chi connectivity index (χ4n) is 5.39. The van der Waals surface area contributed by atoms with Crippen LogP contribution in [0.4, 0.5) is 8.78 Å². The SMILES string of the molecule is O=C1COc2ccc(C(=O)N3CCC([C@H](c4ccc(F)cc4)c4cccc(OCCF)c4)CC3)cc2C1. The number of carbonyl (C=O) groups excluding carboxylic acids is 2. The minimum Gasteiger partial charge on any atom is -0.491 e. The van der Waals surface area contributed by atoms with E-state index in [1.165, 1.54) is 12.1 Å². The highest BCUT2D eigenvalue weighted by molar-refractivity contribution is 5.95. The minimum absolute atomic E-state index is 0.00362. The maximum atomic E-state index is 13.7. The van der Waals surface area contributed by atoms with Crippen molar-refractivity contribution >= 4 is 11.7 Å². The lowest BCUT2D eigenvalue weighted by atomic mass is 9.76. The molecule has 0 bridgehead atoms. The topological polar surface area (TPSA) is 55.8 Å². The number of hydrogen-bond donors (Lipinski definition) is 0. The van der Waals surface area contributed by atoms with Gasteiger partial charge in [-0.05, 0) is 72.4 Å². The molecule has 1 saturated heterocycles. The quantitative estimate of drug-likeness (QED) is 0.434. The van der Waals surface area contributed by atoms with Crippen molar-refractivity contribution in [3.05, 3.63) is 94.8 Å². The van der Waals surface area contributed by atoms with Crippen molar-refractivity contribution in [3.63, 3.8) is 0 Å². The van der Waals surface area contributed by atoms with E-state index in [0.717, 1.165) is 29.5 Å². The number of likely N-dealkylation sites (tertiary alicyclic amines) is 1. The Morgan fingerprint density at radius 1 is 1.03 bits per heavy atom. The van der Waals surface area contributed by atoms with Crippen molar-refractivity contribution in [1.82, 2.24) is 4.90 Å². The van der Waals surface area contributed by atoms with E-state index in [-0.39, 0.29) is 49.0 Å². The van der Waals surface area contributed by atoms with Gasteiger partial charge in [-0.1, -0.05) is 24.3 Å². The van der Waals surface area contributed by atoms with E-state index in [0.29, 0.717) is 30.2 Å². The number of halogens is 2. The molecule has 2 aliphatic rings. The molecule has 1 fully saturated rings. The number of alkyl halides is 1. The highest BCUT2D eigenvalue weighted by Gasteiger charge is 2.31. The van der Waals surface area contributed by atoms with Gasteiger partial charge < -0.3 is 14.4 Å². The Labute approximate surface area is 215 Å². The summed E-state index contributed by atoms with van der Waals surface area (Å²) in [5, 5.41) is 0. The first-order valence-electron chi connectivity index (χ1n) is 12.6. The van der Waals surface area contributed by atoms with E-state index in [9.17, 15) is 18.4 Å². The monoisotopic (exact) mass is 505 g/mol. The largest absolute Gasteiger partial charge is 0.491 e. The van der Waals surface area contributed by atoms with Gasteiger partial charge in [0.1, 0.15) is 37.2 Å². The molecular formula is C30H29F2NO4. The third-order valence-corrected chi connectivity index (χ3v) is 7.17. The number of fused-ring (bicyclic) bond motifs is 1. The molecule has 2 heterocycles. The Bertz CT molecular complexity index is 1270. The van der Waals surface area contributed by atoms with Gasteiger partial charge >= 0.3 is 0 Å². The van der Waals surface area contributed by atoms with E-state index in [2.05, 4.69) is 0 Å². The molecule has 5 nitrogen and oxygen atoms in total. The Balaban J connectivity index is 1.33. The van der Waals surface area contributed by atoms with Gasteiger partial charge in [-0.15, -0.1) is 0 Å². The molecule has 3 aromatic rings. The van der Waals surface area contributed by atoms with Crippen molar-refractivity contribution in [2.45, 2.75) is 25.2 Å². The molecular weight excluding hydrogens is 476 g/mol. The lowest BCUT2D eigenvalue weighted by Crippen LogP contribution is -2.40. The van der Waals surface area contributed by atoms with Gasteiger partial charge in [0, 0.05) is 36.6 Å². The minimum atomic E-state index is -0.564. The van der Waals surface area contributed by atoms with E-state index in [4.69, 9.17) is 9.47 Å². The third-order valence-electron chi connectivity index (χ3n) is 7.17. The summed E-state index contributed by atoms with van der Waals surface area (Å²) in [6.07, 6.45) is 1.83. The van der Waals surface area contributed by atoms with Crippen molar-refractivity contribution in [1.29, 1.82) is 0 Å². The van der Waals surface area contributed by atoms with Crippen LogP contribution in [0.15, 0.2) is 66.7 Å². The Hall–Kier alpha value is -3.74. The number of ether oxygens (including phenoxy) is 2. The van der Waals surface area contributed by atoms with Crippen molar-refractivity contribution in [3.8, 4) is 11.5 Å².